The van der Waals surface area contributed by atoms with E-state index in [4.69, 9.17) is 47.4 Å². The van der Waals surface area contributed by atoms with Crippen LogP contribution in [0.4, 0.5) is 0 Å². The molecule has 0 aromatic heterocycles. The SMILES string of the molecule is COc1ccc(CO[C@@H]2C[C@H]3O[C@H]4/C=C\C[C@@H](OCc5ccccc5)[C@H](COCc5ccccc5)O[C@@H]4C/C=C\C[C@@H]3O[C@@H]3C[C@@H]4OC(c5ccccc5)OC[C@H]4O[C@@]23C)cc1. The van der Waals surface area contributed by atoms with E-state index in [1.54, 1.807) is 7.11 Å². The van der Waals surface area contributed by atoms with Crippen LogP contribution in [0.25, 0.3) is 0 Å². The zero-order valence-corrected chi connectivity index (χ0v) is 35.8. The van der Waals surface area contributed by atoms with Crippen LogP contribution in [0, 0.1) is 0 Å². The van der Waals surface area contributed by atoms with E-state index < -0.39 is 11.9 Å². The molecule has 0 bridgehead atoms. The van der Waals surface area contributed by atoms with E-state index in [0.717, 1.165) is 28.0 Å². The summed E-state index contributed by atoms with van der Waals surface area (Å²) in [4.78, 5) is 0. The predicted molar refractivity (Wildman–Crippen MR) is 233 cm³/mol. The van der Waals surface area contributed by atoms with Gasteiger partial charge in [-0.25, -0.2) is 0 Å². The summed E-state index contributed by atoms with van der Waals surface area (Å²) >= 11 is 0. The summed E-state index contributed by atoms with van der Waals surface area (Å²) in [7, 11) is 1.67. The summed E-state index contributed by atoms with van der Waals surface area (Å²) in [6.45, 7) is 4.27. The van der Waals surface area contributed by atoms with Gasteiger partial charge in [-0.15, -0.1) is 0 Å². The lowest BCUT2D eigenvalue weighted by molar-refractivity contribution is -0.338. The quantitative estimate of drug-likeness (QED) is 0.129. The Morgan fingerprint density at radius 1 is 0.597 bits per heavy atom. The normalized spacial score (nSPS) is 34.5. The van der Waals surface area contributed by atoms with E-state index in [9.17, 15) is 0 Å². The molecule has 328 valence electrons. The number of hydrogen-bond acceptors (Lipinski definition) is 10. The fourth-order valence-electron chi connectivity index (χ4n) is 9.36. The molecule has 1 unspecified atom stereocenters. The van der Waals surface area contributed by atoms with Gasteiger partial charge in [0.15, 0.2) is 6.29 Å². The van der Waals surface area contributed by atoms with Crippen LogP contribution >= 0.6 is 0 Å². The van der Waals surface area contributed by atoms with Gasteiger partial charge in [0.05, 0.1) is 82.9 Å². The Bertz CT molecular complexity index is 2030. The van der Waals surface area contributed by atoms with Gasteiger partial charge in [-0.05, 0) is 55.0 Å². The highest BCUT2D eigenvalue weighted by Gasteiger charge is 2.57. The van der Waals surface area contributed by atoms with Crippen LogP contribution in [-0.2, 0) is 62.5 Å². The zero-order valence-electron chi connectivity index (χ0n) is 35.8. The van der Waals surface area contributed by atoms with Crippen LogP contribution in [0.1, 0.15) is 67.6 Å². The number of fused-ring (bicyclic) bond motifs is 4. The molecule has 5 aliphatic rings. The van der Waals surface area contributed by atoms with Crippen molar-refractivity contribution in [3.8, 4) is 5.75 Å². The maximum absolute atomic E-state index is 7.27. The molecule has 4 aromatic rings. The third kappa shape index (κ3) is 10.4. The Morgan fingerprint density at radius 3 is 2.00 bits per heavy atom. The van der Waals surface area contributed by atoms with Crippen molar-refractivity contribution in [2.75, 3.05) is 20.3 Å². The molecular weight excluding hydrogens is 785 g/mol. The van der Waals surface area contributed by atoms with Crippen LogP contribution in [-0.4, -0.2) is 87.0 Å². The fraction of sp³-hybridized carbons (Fsp3) is 0.462. The Hall–Kier alpha value is -4.20. The van der Waals surface area contributed by atoms with Crippen molar-refractivity contribution in [2.24, 2.45) is 0 Å². The minimum Gasteiger partial charge on any atom is -0.497 e. The van der Waals surface area contributed by atoms with Crippen molar-refractivity contribution in [1.29, 1.82) is 0 Å². The Labute approximate surface area is 366 Å². The van der Waals surface area contributed by atoms with Gasteiger partial charge in [-0.1, -0.05) is 127 Å². The monoisotopic (exact) mass is 844 g/mol. The number of ether oxygens (including phenoxy) is 10. The molecule has 10 nitrogen and oxygen atoms in total. The molecule has 3 fully saturated rings. The van der Waals surface area contributed by atoms with E-state index in [0.29, 0.717) is 65.1 Å². The van der Waals surface area contributed by atoms with Gasteiger partial charge in [0.1, 0.15) is 29.7 Å². The second kappa shape index (κ2) is 20.5. The molecule has 0 aliphatic carbocycles. The Balaban J connectivity index is 0.967. The van der Waals surface area contributed by atoms with Gasteiger partial charge < -0.3 is 47.4 Å². The molecule has 0 saturated carbocycles. The molecule has 0 amide bonds. The minimum atomic E-state index is -0.818. The second-order valence-corrected chi connectivity index (χ2v) is 17.2. The van der Waals surface area contributed by atoms with Crippen molar-refractivity contribution < 1.29 is 47.4 Å². The first kappa shape index (κ1) is 43.1. The zero-order chi connectivity index (χ0) is 42.1. The number of hydrogen-bond donors (Lipinski definition) is 0. The maximum Gasteiger partial charge on any atom is 0.184 e. The lowest BCUT2D eigenvalue weighted by Crippen LogP contribution is -2.63. The first-order chi connectivity index (χ1) is 30.5. The topological polar surface area (TPSA) is 92.3 Å². The highest BCUT2D eigenvalue weighted by molar-refractivity contribution is 5.27. The molecule has 5 heterocycles. The Morgan fingerprint density at radius 2 is 1.26 bits per heavy atom. The third-order valence-corrected chi connectivity index (χ3v) is 12.9. The average molecular weight is 845 g/mol. The predicted octanol–water partition coefficient (Wildman–Crippen LogP) is 9.02. The lowest BCUT2D eigenvalue weighted by atomic mass is 9.82. The van der Waals surface area contributed by atoms with Crippen LogP contribution in [0.3, 0.4) is 0 Å². The summed E-state index contributed by atoms with van der Waals surface area (Å²) in [5, 5.41) is 0. The molecular formula is C52H60O10. The molecule has 0 spiro atoms. The fourth-order valence-corrected chi connectivity index (χ4v) is 9.36. The standard InChI is InChI=1S/C52H60O10/c1-52-49(56-33-38-25-27-40(53-2)28-26-38)29-45-44(60-50(52)30-46-48(62-52)35-57-51(61-46)39-19-10-5-11-20-39)22-13-12-21-42-43(58-45)24-14-23-41(55-32-37-17-8-4-9-18-37)47(59-42)34-54-31-36-15-6-3-7-16-36/h3-20,24-28,41-51H,21-23,29-35H2,1-2H3/b13-12-,24-14-/t41-,42-,43+,44+,45-,46+,47+,48-,49-,50-,51?,52+/m1/s1. The third-order valence-electron chi connectivity index (χ3n) is 12.9. The van der Waals surface area contributed by atoms with Crippen molar-refractivity contribution in [2.45, 2.75) is 132 Å². The first-order valence-corrected chi connectivity index (χ1v) is 22.3. The smallest absolute Gasteiger partial charge is 0.184 e. The highest BCUT2D eigenvalue weighted by atomic mass is 16.7. The van der Waals surface area contributed by atoms with Gasteiger partial charge in [0, 0.05) is 18.4 Å². The second-order valence-electron chi connectivity index (χ2n) is 17.2. The summed E-state index contributed by atoms with van der Waals surface area (Å²) in [5.41, 5.74) is 3.43. The molecule has 62 heavy (non-hydrogen) atoms. The molecule has 3 saturated heterocycles. The molecule has 12 atom stereocenters. The van der Waals surface area contributed by atoms with Gasteiger partial charge in [-0.2, -0.15) is 0 Å². The summed E-state index contributed by atoms with van der Waals surface area (Å²) in [6, 6.07) is 38.6. The van der Waals surface area contributed by atoms with E-state index in [1.807, 2.05) is 91.0 Å². The number of methoxy groups -OCH3 is 1. The van der Waals surface area contributed by atoms with Crippen LogP contribution in [0.15, 0.2) is 140 Å². The van der Waals surface area contributed by atoms with E-state index in [-0.39, 0.29) is 61.0 Å². The van der Waals surface area contributed by atoms with Crippen LogP contribution < -0.4 is 4.74 Å². The minimum absolute atomic E-state index is 0.219. The largest absolute Gasteiger partial charge is 0.497 e. The van der Waals surface area contributed by atoms with Gasteiger partial charge in [-0.3, -0.25) is 0 Å². The molecule has 10 heteroatoms. The van der Waals surface area contributed by atoms with Gasteiger partial charge in [0.25, 0.3) is 0 Å². The van der Waals surface area contributed by atoms with E-state index in [2.05, 4.69) is 55.5 Å². The average Bonchev–Trinajstić information content (AvgIpc) is 3.35. The van der Waals surface area contributed by atoms with E-state index in [1.165, 1.54) is 0 Å². The highest BCUT2D eigenvalue weighted by Crippen LogP contribution is 2.46. The van der Waals surface area contributed by atoms with Crippen molar-refractivity contribution in [3.63, 3.8) is 0 Å². The van der Waals surface area contributed by atoms with Gasteiger partial charge in [0.2, 0.25) is 0 Å². The first-order valence-electron chi connectivity index (χ1n) is 22.3. The summed E-state index contributed by atoms with van der Waals surface area (Å²) in [5.74, 6) is 0.800. The van der Waals surface area contributed by atoms with Crippen LogP contribution in [0.5, 0.6) is 5.75 Å². The summed E-state index contributed by atoms with van der Waals surface area (Å²) < 4.78 is 67.0. The van der Waals surface area contributed by atoms with Crippen molar-refractivity contribution in [3.05, 3.63) is 162 Å². The molecule has 0 radical (unpaired) electrons. The Kier molecular flexibility index (Phi) is 14.3. The molecule has 4 aromatic carbocycles. The number of benzene rings is 4. The van der Waals surface area contributed by atoms with Gasteiger partial charge >= 0.3 is 0 Å². The van der Waals surface area contributed by atoms with Crippen LogP contribution in [0.2, 0.25) is 0 Å². The molecule has 0 N–H and O–H groups in total. The van der Waals surface area contributed by atoms with Crippen molar-refractivity contribution >= 4 is 0 Å². The summed E-state index contributed by atoms with van der Waals surface area (Å²) in [6.07, 6.45) is 8.45. The van der Waals surface area contributed by atoms with E-state index >= 15 is 0 Å². The van der Waals surface area contributed by atoms with Crippen molar-refractivity contribution in [1.82, 2.24) is 0 Å². The number of rotatable bonds is 12. The lowest BCUT2D eigenvalue weighted by Gasteiger charge is -2.52. The maximum atomic E-state index is 7.27. The molecule has 9 rings (SSSR count). The molecule has 5 aliphatic heterocycles.